The van der Waals surface area contributed by atoms with Crippen molar-refractivity contribution in [3.05, 3.63) is 52.9 Å². The molecule has 27 heavy (non-hydrogen) atoms. The highest BCUT2D eigenvalue weighted by Gasteiger charge is 2.45. The molecule has 0 unspecified atom stereocenters. The van der Waals surface area contributed by atoms with E-state index < -0.39 is 0 Å². The summed E-state index contributed by atoms with van der Waals surface area (Å²) < 4.78 is 5.37. The summed E-state index contributed by atoms with van der Waals surface area (Å²) in [6.45, 7) is 2.84. The summed E-state index contributed by atoms with van der Waals surface area (Å²) in [6, 6.07) is 9.08. The van der Waals surface area contributed by atoms with E-state index in [1.807, 2.05) is 17.0 Å². The number of anilines is 1. The molecule has 4 rings (SSSR count). The van der Waals surface area contributed by atoms with E-state index in [1.165, 1.54) is 0 Å². The van der Waals surface area contributed by atoms with E-state index in [4.69, 9.17) is 16.0 Å². The molecular weight excluding hydrogens is 364 g/mol. The average molecular weight is 387 g/mol. The molecule has 142 valence electrons. The number of hydrogen-bond acceptors (Lipinski definition) is 3. The lowest BCUT2D eigenvalue weighted by Crippen LogP contribution is -2.42. The van der Waals surface area contributed by atoms with Crippen molar-refractivity contribution in [3.8, 4) is 0 Å². The first-order chi connectivity index (χ1) is 13.0. The molecule has 1 aliphatic heterocycles. The fraction of sp³-hybridized carbons (Fsp3) is 0.429. The lowest BCUT2D eigenvalue weighted by atomic mass is 10.0. The Bertz CT molecular complexity index is 849. The number of likely N-dealkylation sites (tertiary alicyclic amines) is 1. The van der Waals surface area contributed by atoms with Crippen molar-refractivity contribution in [1.29, 1.82) is 0 Å². The first kappa shape index (κ1) is 18.1. The number of halogens is 1. The maximum Gasteiger partial charge on any atom is 0.255 e. The molecular formula is C21H23ClN2O3. The summed E-state index contributed by atoms with van der Waals surface area (Å²) in [5.41, 5.74) is 1.10. The van der Waals surface area contributed by atoms with Crippen LogP contribution in [0.15, 0.2) is 41.0 Å². The van der Waals surface area contributed by atoms with Gasteiger partial charge in [0.05, 0.1) is 16.8 Å². The molecule has 2 fully saturated rings. The quantitative estimate of drug-likeness (QED) is 0.829. The van der Waals surface area contributed by atoms with Gasteiger partial charge in [0, 0.05) is 30.1 Å². The highest BCUT2D eigenvalue weighted by atomic mass is 35.5. The number of carbonyl (C=O) groups excluding carboxylic acids is 2. The first-order valence-corrected chi connectivity index (χ1v) is 9.87. The van der Waals surface area contributed by atoms with E-state index in [0.29, 0.717) is 16.3 Å². The molecule has 3 atom stereocenters. The molecule has 2 amide bonds. The van der Waals surface area contributed by atoms with Crippen LogP contribution in [-0.4, -0.2) is 29.3 Å². The molecule has 1 N–H and O–H groups in total. The molecule has 1 aromatic heterocycles. The van der Waals surface area contributed by atoms with Crippen molar-refractivity contribution in [2.45, 2.75) is 44.6 Å². The van der Waals surface area contributed by atoms with Gasteiger partial charge in [0.2, 0.25) is 5.91 Å². The van der Waals surface area contributed by atoms with Crippen LogP contribution in [-0.2, 0) is 4.79 Å². The molecule has 1 saturated carbocycles. The Labute approximate surface area is 163 Å². The van der Waals surface area contributed by atoms with Gasteiger partial charge in [-0.1, -0.05) is 11.6 Å². The first-order valence-electron chi connectivity index (χ1n) is 9.49. The Hall–Kier alpha value is -2.27. The highest BCUT2D eigenvalue weighted by molar-refractivity contribution is 6.34. The predicted octanol–water partition coefficient (Wildman–Crippen LogP) is 4.69. The number of benzene rings is 1. The molecule has 1 aliphatic carbocycles. The zero-order valence-electron chi connectivity index (χ0n) is 15.3. The predicted molar refractivity (Wildman–Crippen MR) is 104 cm³/mol. The normalized spacial score (nSPS) is 24.5. The van der Waals surface area contributed by atoms with Gasteiger partial charge in [-0.25, -0.2) is 0 Å². The lowest BCUT2D eigenvalue weighted by Gasteiger charge is -2.33. The summed E-state index contributed by atoms with van der Waals surface area (Å²) >= 11 is 6.37. The minimum absolute atomic E-state index is 0.0369. The molecule has 0 spiro atoms. The number of piperidine rings is 1. The number of nitrogens with one attached hydrogen (secondary N) is 1. The van der Waals surface area contributed by atoms with Crippen molar-refractivity contribution in [3.63, 3.8) is 0 Å². The number of nitrogens with zero attached hydrogens (tertiary/aromatic N) is 1. The second-order valence-corrected chi connectivity index (χ2v) is 7.90. The van der Waals surface area contributed by atoms with Crippen LogP contribution in [0.3, 0.4) is 0 Å². The molecule has 0 radical (unpaired) electrons. The van der Waals surface area contributed by atoms with E-state index in [1.54, 1.807) is 24.5 Å². The van der Waals surface area contributed by atoms with Gasteiger partial charge >= 0.3 is 0 Å². The molecule has 2 aliphatic rings. The van der Waals surface area contributed by atoms with E-state index >= 15 is 0 Å². The van der Waals surface area contributed by atoms with Gasteiger partial charge in [-0.2, -0.15) is 0 Å². The third kappa shape index (κ3) is 3.74. The lowest BCUT2D eigenvalue weighted by molar-refractivity contribution is -0.117. The Kier molecular flexibility index (Phi) is 4.96. The van der Waals surface area contributed by atoms with Crippen molar-refractivity contribution in [1.82, 2.24) is 4.90 Å². The minimum Gasteiger partial charge on any atom is -0.469 e. The van der Waals surface area contributed by atoms with Gasteiger partial charge in [-0.3, -0.25) is 9.59 Å². The highest BCUT2D eigenvalue weighted by Crippen LogP contribution is 2.48. The monoisotopic (exact) mass is 386 g/mol. The Balaban J connectivity index is 1.41. The zero-order chi connectivity index (χ0) is 19.0. The van der Waals surface area contributed by atoms with E-state index in [9.17, 15) is 9.59 Å². The third-order valence-corrected chi connectivity index (χ3v) is 5.88. The van der Waals surface area contributed by atoms with Crippen LogP contribution in [0.2, 0.25) is 5.02 Å². The van der Waals surface area contributed by atoms with Crippen LogP contribution in [0, 0.1) is 5.92 Å². The number of carbonyl (C=O) groups is 2. The topological polar surface area (TPSA) is 62.6 Å². The largest absolute Gasteiger partial charge is 0.469 e. The van der Waals surface area contributed by atoms with Crippen LogP contribution < -0.4 is 5.32 Å². The maximum atomic E-state index is 12.8. The molecule has 2 aromatic rings. The fourth-order valence-corrected chi connectivity index (χ4v) is 4.12. The Morgan fingerprint density at radius 1 is 1.26 bits per heavy atom. The molecule has 1 saturated heterocycles. The Morgan fingerprint density at radius 3 is 2.81 bits per heavy atom. The van der Waals surface area contributed by atoms with E-state index in [2.05, 4.69) is 12.2 Å². The van der Waals surface area contributed by atoms with Crippen molar-refractivity contribution >= 4 is 29.1 Å². The minimum atomic E-state index is -0.0783. The van der Waals surface area contributed by atoms with Gasteiger partial charge in [0.1, 0.15) is 5.76 Å². The van der Waals surface area contributed by atoms with Crippen molar-refractivity contribution in [2.75, 3.05) is 11.9 Å². The fourth-order valence-electron chi connectivity index (χ4n) is 3.86. The SMILES string of the molecule is C[C@@H]1CCCCN1C(=O)c1ccc(NC(=O)[C@H]2C[C@H]2c2ccco2)cc1Cl. The van der Waals surface area contributed by atoms with Crippen molar-refractivity contribution < 1.29 is 14.0 Å². The maximum absolute atomic E-state index is 12.8. The van der Waals surface area contributed by atoms with E-state index in [-0.39, 0.29) is 29.7 Å². The third-order valence-electron chi connectivity index (χ3n) is 5.57. The van der Waals surface area contributed by atoms with Crippen LogP contribution in [0.1, 0.15) is 54.6 Å². The van der Waals surface area contributed by atoms with E-state index in [0.717, 1.165) is 38.0 Å². The molecule has 2 heterocycles. The smallest absolute Gasteiger partial charge is 0.255 e. The Morgan fingerprint density at radius 2 is 2.11 bits per heavy atom. The molecule has 6 heteroatoms. The summed E-state index contributed by atoms with van der Waals surface area (Å²) in [4.78, 5) is 27.1. The standard InChI is InChI=1S/C21H23ClN2O3/c1-13-5-2-3-9-24(13)21(26)15-8-7-14(11-18(15)22)23-20(25)17-12-16(17)19-6-4-10-27-19/h4,6-8,10-11,13,16-17H,2-3,5,9,12H2,1H3,(H,23,25)/t13-,16-,17+/m1/s1. The van der Waals surface area contributed by atoms with Crippen LogP contribution in [0.4, 0.5) is 5.69 Å². The number of furan rings is 1. The zero-order valence-corrected chi connectivity index (χ0v) is 16.0. The molecule has 5 nitrogen and oxygen atoms in total. The van der Waals surface area contributed by atoms with Crippen LogP contribution in [0.25, 0.3) is 0 Å². The van der Waals surface area contributed by atoms with Crippen molar-refractivity contribution in [2.24, 2.45) is 5.92 Å². The van der Waals surface area contributed by atoms with Gasteiger partial charge in [0.15, 0.2) is 0 Å². The van der Waals surface area contributed by atoms with Crippen LogP contribution >= 0.6 is 11.6 Å². The van der Waals surface area contributed by atoms with Crippen LogP contribution in [0.5, 0.6) is 0 Å². The average Bonchev–Trinajstić information content (AvgIpc) is 3.27. The summed E-state index contributed by atoms with van der Waals surface area (Å²) in [7, 11) is 0. The number of rotatable bonds is 4. The summed E-state index contributed by atoms with van der Waals surface area (Å²) in [5, 5.41) is 3.27. The number of amides is 2. The molecule has 1 aromatic carbocycles. The van der Waals surface area contributed by atoms with Gasteiger partial charge in [-0.15, -0.1) is 0 Å². The second-order valence-electron chi connectivity index (χ2n) is 7.49. The van der Waals surface area contributed by atoms with Gasteiger partial charge in [-0.05, 0) is 62.9 Å². The number of hydrogen-bond donors (Lipinski definition) is 1. The summed E-state index contributed by atoms with van der Waals surface area (Å²) in [6.07, 6.45) is 5.62. The van der Waals surface area contributed by atoms with Gasteiger partial charge in [0.25, 0.3) is 5.91 Å². The summed E-state index contributed by atoms with van der Waals surface area (Å²) in [5.74, 6) is 0.841. The second kappa shape index (κ2) is 7.39. The van der Waals surface area contributed by atoms with Gasteiger partial charge < -0.3 is 14.6 Å². The molecule has 0 bridgehead atoms.